The molecule has 1 aliphatic rings. The molecule has 1 heterocycles. The van der Waals surface area contributed by atoms with E-state index < -0.39 is 0 Å². The molecule has 0 fully saturated rings. The van der Waals surface area contributed by atoms with Gasteiger partial charge in [-0.2, -0.15) is 0 Å². The van der Waals surface area contributed by atoms with Gasteiger partial charge in [-0.3, -0.25) is 4.79 Å². The molecular formula is C17H17NO2. The van der Waals surface area contributed by atoms with Crippen LogP contribution in [0.15, 0.2) is 48.5 Å². The van der Waals surface area contributed by atoms with Crippen LogP contribution in [0.25, 0.3) is 0 Å². The van der Waals surface area contributed by atoms with E-state index in [9.17, 15) is 4.79 Å². The molecule has 0 spiro atoms. The lowest BCUT2D eigenvalue weighted by atomic mass is 10.0. The highest BCUT2D eigenvalue weighted by molar-refractivity contribution is 6.08. The Hall–Kier alpha value is -2.29. The molecule has 0 saturated carbocycles. The van der Waals surface area contributed by atoms with Gasteiger partial charge in [0, 0.05) is 12.2 Å². The van der Waals surface area contributed by atoms with Crippen molar-refractivity contribution in [3.05, 3.63) is 59.7 Å². The number of amides is 1. The first-order valence-corrected chi connectivity index (χ1v) is 6.84. The van der Waals surface area contributed by atoms with Crippen LogP contribution in [0, 0.1) is 0 Å². The Morgan fingerprint density at radius 3 is 2.70 bits per heavy atom. The summed E-state index contributed by atoms with van der Waals surface area (Å²) in [4.78, 5) is 14.6. The summed E-state index contributed by atoms with van der Waals surface area (Å²) in [6.07, 6.45) is 2.03. The Kier molecular flexibility index (Phi) is 3.42. The average Bonchev–Trinajstić information content (AvgIpc) is 2.53. The number of nitrogens with zero attached hydrogens (tertiary/aromatic N) is 1. The van der Waals surface area contributed by atoms with Gasteiger partial charge in [0.25, 0.3) is 5.91 Å². The molecule has 0 aliphatic carbocycles. The van der Waals surface area contributed by atoms with Crippen LogP contribution in [0.5, 0.6) is 5.75 Å². The average molecular weight is 267 g/mol. The van der Waals surface area contributed by atoms with Crippen molar-refractivity contribution in [1.82, 2.24) is 0 Å². The van der Waals surface area contributed by atoms with Crippen LogP contribution in [0.1, 0.15) is 22.3 Å². The molecule has 2 aromatic carbocycles. The highest BCUT2D eigenvalue weighted by Gasteiger charge is 2.24. The third kappa shape index (κ3) is 2.16. The van der Waals surface area contributed by atoms with E-state index in [0.717, 1.165) is 25.1 Å². The van der Waals surface area contributed by atoms with E-state index in [2.05, 4.69) is 6.07 Å². The lowest BCUT2D eigenvalue weighted by Crippen LogP contribution is -2.35. The molecule has 1 aliphatic heterocycles. The van der Waals surface area contributed by atoms with Gasteiger partial charge in [0.2, 0.25) is 0 Å². The van der Waals surface area contributed by atoms with E-state index in [1.54, 1.807) is 7.11 Å². The van der Waals surface area contributed by atoms with Gasteiger partial charge < -0.3 is 9.64 Å². The van der Waals surface area contributed by atoms with Crippen molar-refractivity contribution in [2.45, 2.75) is 12.8 Å². The monoisotopic (exact) mass is 267 g/mol. The zero-order chi connectivity index (χ0) is 13.9. The number of para-hydroxylation sites is 2. The molecule has 0 N–H and O–H groups in total. The summed E-state index contributed by atoms with van der Waals surface area (Å²) in [7, 11) is 1.59. The molecular weight excluding hydrogens is 250 g/mol. The zero-order valence-electron chi connectivity index (χ0n) is 11.5. The molecule has 3 rings (SSSR count). The SMILES string of the molecule is COc1ccccc1C(=O)N1CCCc2ccccc21. The third-order valence-electron chi connectivity index (χ3n) is 3.69. The molecule has 0 aromatic heterocycles. The van der Waals surface area contributed by atoms with Gasteiger partial charge in [-0.25, -0.2) is 0 Å². The molecule has 102 valence electrons. The Labute approximate surface area is 118 Å². The predicted molar refractivity (Wildman–Crippen MR) is 79.4 cm³/mol. The predicted octanol–water partition coefficient (Wildman–Crippen LogP) is 3.29. The minimum atomic E-state index is 0.00889. The molecule has 3 heteroatoms. The van der Waals surface area contributed by atoms with E-state index >= 15 is 0 Å². The maximum absolute atomic E-state index is 12.8. The van der Waals surface area contributed by atoms with Gasteiger partial charge >= 0.3 is 0 Å². The van der Waals surface area contributed by atoms with E-state index in [0.29, 0.717) is 11.3 Å². The molecule has 0 saturated heterocycles. The number of ether oxygens (including phenoxy) is 1. The summed E-state index contributed by atoms with van der Waals surface area (Å²) in [5.74, 6) is 0.634. The summed E-state index contributed by atoms with van der Waals surface area (Å²) < 4.78 is 5.30. The van der Waals surface area contributed by atoms with Crippen molar-refractivity contribution >= 4 is 11.6 Å². The van der Waals surface area contributed by atoms with Crippen LogP contribution in [0.2, 0.25) is 0 Å². The molecule has 0 radical (unpaired) electrons. The number of benzene rings is 2. The van der Waals surface area contributed by atoms with Crippen molar-refractivity contribution in [2.24, 2.45) is 0 Å². The van der Waals surface area contributed by atoms with E-state index in [1.807, 2.05) is 47.4 Å². The number of rotatable bonds is 2. The second-order valence-corrected chi connectivity index (χ2v) is 4.89. The van der Waals surface area contributed by atoms with Crippen molar-refractivity contribution in [1.29, 1.82) is 0 Å². The third-order valence-corrected chi connectivity index (χ3v) is 3.69. The summed E-state index contributed by atoms with van der Waals surface area (Å²) in [5, 5.41) is 0. The van der Waals surface area contributed by atoms with Gasteiger partial charge in [0.05, 0.1) is 12.7 Å². The second-order valence-electron chi connectivity index (χ2n) is 4.89. The van der Waals surface area contributed by atoms with Crippen LogP contribution in [-0.4, -0.2) is 19.6 Å². The molecule has 0 unspecified atom stereocenters. The molecule has 1 amide bonds. The topological polar surface area (TPSA) is 29.5 Å². The number of anilines is 1. The number of aryl methyl sites for hydroxylation is 1. The molecule has 0 bridgehead atoms. The number of hydrogen-bond acceptors (Lipinski definition) is 2. The Morgan fingerprint density at radius 2 is 1.85 bits per heavy atom. The molecule has 0 atom stereocenters. The maximum atomic E-state index is 12.8. The fraction of sp³-hybridized carbons (Fsp3) is 0.235. The standard InChI is InChI=1S/C17H17NO2/c1-20-16-11-5-3-9-14(16)17(19)18-12-6-8-13-7-2-4-10-15(13)18/h2-5,7,9-11H,6,8,12H2,1H3. The normalized spacial score (nSPS) is 13.8. The number of carbonyl (C=O) groups excluding carboxylic acids is 1. The van der Waals surface area contributed by atoms with Gasteiger partial charge in [-0.1, -0.05) is 30.3 Å². The molecule has 2 aromatic rings. The lowest BCUT2D eigenvalue weighted by Gasteiger charge is -2.29. The van der Waals surface area contributed by atoms with Gasteiger partial charge in [-0.15, -0.1) is 0 Å². The lowest BCUT2D eigenvalue weighted by molar-refractivity contribution is 0.0982. The van der Waals surface area contributed by atoms with Crippen LogP contribution in [0.3, 0.4) is 0 Å². The fourth-order valence-electron chi connectivity index (χ4n) is 2.71. The van der Waals surface area contributed by atoms with Crippen LogP contribution in [0.4, 0.5) is 5.69 Å². The fourth-order valence-corrected chi connectivity index (χ4v) is 2.71. The quantitative estimate of drug-likeness (QED) is 0.835. The largest absolute Gasteiger partial charge is 0.496 e. The summed E-state index contributed by atoms with van der Waals surface area (Å²) >= 11 is 0. The first-order chi connectivity index (χ1) is 9.81. The number of carbonyl (C=O) groups is 1. The molecule has 3 nitrogen and oxygen atoms in total. The summed E-state index contributed by atoms with van der Waals surface area (Å²) in [5.41, 5.74) is 2.88. The Balaban J connectivity index is 2.00. The van der Waals surface area contributed by atoms with Crippen molar-refractivity contribution < 1.29 is 9.53 Å². The highest BCUT2D eigenvalue weighted by atomic mass is 16.5. The second kappa shape index (κ2) is 5.37. The number of fused-ring (bicyclic) bond motifs is 1. The Morgan fingerprint density at radius 1 is 1.10 bits per heavy atom. The van der Waals surface area contributed by atoms with Gasteiger partial charge in [0.15, 0.2) is 0 Å². The first-order valence-electron chi connectivity index (χ1n) is 6.84. The van der Waals surface area contributed by atoms with Crippen LogP contribution < -0.4 is 9.64 Å². The zero-order valence-corrected chi connectivity index (χ0v) is 11.5. The van der Waals surface area contributed by atoms with E-state index in [-0.39, 0.29) is 5.91 Å². The maximum Gasteiger partial charge on any atom is 0.262 e. The van der Waals surface area contributed by atoms with Crippen molar-refractivity contribution in [2.75, 3.05) is 18.6 Å². The summed E-state index contributed by atoms with van der Waals surface area (Å²) in [6, 6.07) is 15.5. The minimum Gasteiger partial charge on any atom is -0.496 e. The van der Waals surface area contributed by atoms with Crippen molar-refractivity contribution in [3.8, 4) is 5.75 Å². The number of methoxy groups -OCH3 is 1. The first kappa shape index (κ1) is 12.7. The smallest absolute Gasteiger partial charge is 0.262 e. The summed E-state index contributed by atoms with van der Waals surface area (Å²) in [6.45, 7) is 0.758. The van der Waals surface area contributed by atoms with Gasteiger partial charge in [-0.05, 0) is 36.6 Å². The van der Waals surface area contributed by atoms with Crippen LogP contribution in [-0.2, 0) is 6.42 Å². The van der Waals surface area contributed by atoms with Gasteiger partial charge in [0.1, 0.15) is 5.75 Å². The minimum absolute atomic E-state index is 0.00889. The van der Waals surface area contributed by atoms with Crippen molar-refractivity contribution in [3.63, 3.8) is 0 Å². The number of hydrogen-bond donors (Lipinski definition) is 0. The Bertz CT molecular complexity index is 636. The molecule has 20 heavy (non-hydrogen) atoms. The van der Waals surface area contributed by atoms with E-state index in [4.69, 9.17) is 4.74 Å². The van der Waals surface area contributed by atoms with E-state index in [1.165, 1.54) is 5.56 Å². The van der Waals surface area contributed by atoms with Crippen LogP contribution >= 0.6 is 0 Å². The highest BCUT2D eigenvalue weighted by Crippen LogP contribution is 2.29.